The third-order valence-electron chi connectivity index (χ3n) is 2.58. The van der Waals surface area contributed by atoms with Gasteiger partial charge in [-0.05, 0) is 0 Å². The van der Waals surface area contributed by atoms with Gasteiger partial charge in [0.25, 0.3) is 5.82 Å². The third-order valence-corrected chi connectivity index (χ3v) is 2.58. The van der Waals surface area contributed by atoms with Gasteiger partial charge in [0.15, 0.2) is 5.69 Å². The Labute approximate surface area is 113 Å². The maximum absolute atomic E-state index is 10.5. The van der Waals surface area contributed by atoms with Gasteiger partial charge in [-0.25, -0.2) is 9.55 Å². The van der Waals surface area contributed by atoms with Crippen LogP contribution in [0, 0.1) is 6.92 Å². The molecule has 20 heavy (non-hydrogen) atoms. The van der Waals surface area contributed by atoms with E-state index in [1.165, 1.54) is 17.1 Å². The molecule has 1 heterocycles. The minimum atomic E-state index is -5.19. The van der Waals surface area contributed by atoms with E-state index in [2.05, 4.69) is 47.8 Å². The zero-order valence-corrected chi connectivity index (χ0v) is 10.9. The zero-order valence-electron chi connectivity index (χ0n) is 10.9. The van der Waals surface area contributed by atoms with E-state index in [0.29, 0.717) is 0 Å². The number of carbonyl (C=O) groups excluding carboxylic acids is 1. The molecule has 1 aromatic carbocycles. The normalized spacial score (nSPS) is 10.7. The Bertz CT molecular complexity index is 577. The first kappa shape index (κ1) is 15.7. The predicted octanol–water partition coefficient (Wildman–Crippen LogP) is 1.11. The molecule has 0 aliphatic heterocycles. The van der Waals surface area contributed by atoms with Crippen LogP contribution in [0.3, 0.4) is 0 Å². The number of carbonyl (C=O) groups is 1. The number of nitrogens with one attached hydrogen (secondary N) is 1. The number of alkyl halides is 3. The number of aromatic amines is 1. The Morgan fingerprint density at radius 2 is 1.75 bits per heavy atom. The van der Waals surface area contributed by atoms with E-state index in [4.69, 9.17) is 9.90 Å². The molecule has 0 aliphatic rings. The van der Waals surface area contributed by atoms with Crippen LogP contribution in [0.25, 0.3) is 11.3 Å². The van der Waals surface area contributed by atoms with Gasteiger partial charge in [0.1, 0.15) is 12.2 Å². The maximum atomic E-state index is 10.5. The van der Waals surface area contributed by atoms with E-state index < -0.39 is 12.1 Å². The van der Waals surface area contributed by atoms with Crippen molar-refractivity contribution in [1.29, 1.82) is 0 Å². The van der Waals surface area contributed by atoms with E-state index in [1.54, 1.807) is 0 Å². The van der Waals surface area contributed by atoms with Crippen molar-refractivity contribution >= 4 is 5.97 Å². The zero-order chi connectivity index (χ0) is 15.3. The van der Waals surface area contributed by atoms with E-state index in [1.807, 2.05) is 12.3 Å². The number of hydrogen-bond donors (Lipinski definition) is 1. The molecule has 0 bridgehead atoms. The fourth-order valence-electron chi connectivity index (χ4n) is 1.43. The number of rotatable bonds is 1. The van der Waals surface area contributed by atoms with Crippen LogP contribution < -0.4 is 9.67 Å². The van der Waals surface area contributed by atoms with Gasteiger partial charge in [0, 0.05) is 12.5 Å². The van der Waals surface area contributed by atoms with Crippen LogP contribution in [0.5, 0.6) is 0 Å². The van der Waals surface area contributed by atoms with Gasteiger partial charge in [0.2, 0.25) is 0 Å². The fraction of sp³-hybridized carbons (Fsp3) is 0.231. The molecular weight excluding hydrogens is 273 g/mol. The number of aliphatic carboxylic acids is 1. The SMILES string of the molecule is Cc1[nH]cc(-c2ccccc2)[n+]1C.O=C([O-])C(F)(F)F. The van der Waals surface area contributed by atoms with Crippen LogP contribution in [0.4, 0.5) is 13.2 Å². The molecule has 0 radical (unpaired) electrons. The van der Waals surface area contributed by atoms with E-state index in [9.17, 15) is 13.2 Å². The Balaban J connectivity index is 0.000000246. The van der Waals surface area contributed by atoms with Gasteiger partial charge < -0.3 is 9.90 Å². The van der Waals surface area contributed by atoms with Gasteiger partial charge in [0.05, 0.1) is 7.05 Å². The molecule has 0 spiro atoms. The summed E-state index contributed by atoms with van der Waals surface area (Å²) in [5, 5.41) is 8.78. The van der Waals surface area contributed by atoms with Crippen LogP contribution >= 0.6 is 0 Å². The van der Waals surface area contributed by atoms with Crippen molar-refractivity contribution in [1.82, 2.24) is 4.98 Å². The Morgan fingerprint density at radius 1 is 1.25 bits per heavy atom. The highest BCUT2D eigenvalue weighted by Gasteiger charge is 2.28. The molecular formula is C13H13F3N2O2. The number of carboxylic acid groups (broad SMARTS) is 1. The minimum Gasteiger partial charge on any atom is -0.542 e. The molecule has 2 rings (SSSR count). The lowest BCUT2D eigenvalue weighted by Gasteiger charge is -2.03. The lowest BCUT2D eigenvalue weighted by atomic mass is 10.2. The number of halogens is 3. The first-order valence-electron chi connectivity index (χ1n) is 5.61. The summed E-state index contributed by atoms with van der Waals surface area (Å²) in [5.41, 5.74) is 2.47. The standard InChI is InChI=1S/C11H12N2.C2HF3O2/c1-9-12-8-11(13(9)2)10-6-4-3-5-7-10;3-2(4,5)1(6)7/h3-8H,1-2H3;(H,6,7). The van der Waals surface area contributed by atoms with Crippen LogP contribution in [-0.4, -0.2) is 17.1 Å². The second-order valence-corrected chi connectivity index (χ2v) is 3.97. The highest BCUT2D eigenvalue weighted by Crippen LogP contribution is 2.13. The van der Waals surface area contributed by atoms with Crippen molar-refractivity contribution in [2.24, 2.45) is 7.05 Å². The van der Waals surface area contributed by atoms with Crippen molar-refractivity contribution in [2.45, 2.75) is 13.1 Å². The average Bonchev–Trinajstić information content (AvgIpc) is 2.71. The molecule has 4 nitrogen and oxygen atoms in total. The summed E-state index contributed by atoms with van der Waals surface area (Å²) in [7, 11) is 2.06. The summed E-state index contributed by atoms with van der Waals surface area (Å²) in [6.45, 7) is 2.06. The number of imidazole rings is 1. The van der Waals surface area contributed by atoms with Gasteiger partial charge in [-0.1, -0.05) is 30.3 Å². The first-order chi connectivity index (χ1) is 9.23. The van der Waals surface area contributed by atoms with E-state index >= 15 is 0 Å². The molecule has 0 atom stereocenters. The lowest BCUT2D eigenvalue weighted by Crippen LogP contribution is -2.37. The molecule has 0 amide bonds. The van der Waals surface area contributed by atoms with Crippen molar-refractivity contribution in [2.75, 3.05) is 0 Å². The highest BCUT2D eigenvalue weighted by atomic mass is 19.4. The van der Waals surface area contributed by atoms with Crippen molar-refractivity contribution in [3.63, 3.8) is 0 Å². The van der Waals surface area contributed by atoms with Crippen molar-refractivity contribution in [3.8, 4) is 11.3 Å². The molecule has 0 unspecified atom stereocenters. The van der Waals surface area contributed by atoms with Gasteiger partial charge in [-0.2, -0.15) is 13.2 Å². The summed E-state index contributed by atoms with van der Waals surface area (Å²) in [6, 6.07) is 10.4. The number of hydrogen-bond acceptors (Lipinski definition) is 2. The Hall–Kier alpha value is -2.31. The Kier molecular flexibility index (Phi) is 4.90. The Morgan fingerprint density at radius 3 is 2.10 bits per heavy atom. The molecule has 0 saturated heterocycles. The fourth-order valence-corrected chi connectivity index (χ4v) is 1.43. The predicted molar refractivity (Wildman–Crippen MR) is 63.2 cm³/mol. The van der Waals surface area contributed by atoms with Gasteiger partial charge in [-0.15, -0.1) is 0 Å². The maximum Gasteiger partial charge on any atom is 0.430 e. The lowest BCUT2D eigenvalue weighted by molar-refractivity contribution is -0.665. The van der Waals surface area contributed by atoms with Crippen molar-refractivity contribution in [3.05, 3.63) is 42.4 Å². The van der Waals surface area contributed by atoms with Gasteiger partial charge >= 0.3 is 6.18 Å². The number of H-pyrrole nitrogens is 1. The molecule has 0 saturated carbocycles. The minimum absolute atomic E-state index is 1.17. The summed E-state index contributed by atoms with van der Waals surface area (Å²) < 4.78 is 33.7. The number of nitrogens with zero attached hydrogens (tertiary/aromatic N) is 1. The molecule has 0 aliphatic carbocycles. The van der Waals surface area contributed by atoms with E-state index in [0.717, 1.165) is 0 Å². The molecule has 108 valence electrons. The topological polar surface area (TPSA) is 59.8 Å². The van der Waals surface area contributed by atoms with E-state index in [-0.39, 0.29) is 0 Å². The summed E-state index contributed by atoms with van der Waals surface area (Å²) in [4.78, 5) is 12.0. The molecule has 0 fully saturated rings. The van der Waals surface area contributed by atoms with Crippen LogP contribution in [0.15, 0.2) is 36.5 Å². The molecule has 1 N–H and O–H groups in total. The molecule has 2 aromatic rings. The molecule has 7 heteroatoms. The summed E-state index contributed by atoms with van der Waals surface area (Å²) in [5.74, 6) is -1.84. The second-order valence-electron chi connectivity index (χ2n) is 3.97. The summed E-state index contributed by atoms with van der Waals surface area (Å²) in [6.07, 6.45) is -3.16. The average molecular weight is 286 g/mol. The van der Waals surface area contributed by atoms with Crippen molar-refractivity contribution < 1.29 is 27.6 Å². The smallest absolute Gasteiger partial charge is 0.430 e. The van der Waals surface area contributed by atoms with Gasteiger partial charge in [-0.3, -0.25) is 0 Å². The number of benzene rings is 1. The third kappa shape index (κ3) is 4.11. The first-order valence-corrected chi connectivity index (χ1v) is 5.61. The second kappa shape index (κ2) is 6.23. The quantitative estimate of drug-likeness (QED) is 0.798. The summed E-state index contributed by atoms with van der Waals surface area (Å²) >= 11 is 0. The highest BCUT2D eigenvalue weighted by molar-refractivity contribution is 5.70. The monoisotopic (exact) mass is 286 g/mol. The number of aromatic nitrogens is 2. The van der Waals surface area contributed by atoms with Crippen LogP contribution in [0.2, 0.25) is 0 Å². The van der Waals surface area contributed by atoms with Crippen LogP contribution in [-0.2, 0) is 11.8 Å². The van der Waals surface area contributed by atoms with Crippen LogP contribution in [0.1, 0.15) is 5.82 Å². The number of aryl methyl sites for hydroxylation is 1. The molecule has 1 aromatic heterocycles. The number of carboxylic acids is 1. The largest absolute Gasteiger partial charge is 0.542 e.